The van der Waals surface area contributed by atoms with E-state index in [4.69, 9.17) is 4.84 Å². The number of likely N-dealkylation sites (N-methyl/N-ethyl adjacent to an activating group) is 1. The van der Waals surface area contributed by atoms with E-state index in [1.165, 1.54) is 24.3 Å². The molecular formula is C24H38F3N5O2. The number of para-hydroxylation sites is 1. The molecule has 1 aromatic carbocycles. The number of rotatable bonds is 16. The highest BCUT2D eigenvalue weighted by Gasteiger charge is 2.31. The second-order valence-electron chi connectivity index (χ2n) is 7.80. The number of amidine groups is 1. The molecule has 34 heavy (non-hydrogen) atoms. The fourth-order valence-electron chi connectivity index (χ4n) is 3.39. The molecule has 0 radical (unpaired) electrons. The van der Waals surface area contributed by atoms with Gasteiger partial charge in [0.2, 0.25) is 0 Å². The van der Waals surface area contributed by atoms with Gasteiger partial charge in [-0.15, -0.1) is 13.2 Å². The summed E-state index contributed by atoms with van der Waals surface area (Å²) in [5, 5.41) is 7.99. The van der Waals surface area contributed by atoms with Crippen LogP contribution >= 0.6 is 0 Å². The molecule has 0 aromatic heterocycles. The van der Waals surface area contributed by atoms with Crippen LogP contribution in [0.15, 0.2) is 46.1 Å². The summed E-state index contributed by atoms with van der Waals surface area (Å²) < 4.78 is 42.1. The lowest BCUT2D eigenvalue weighted by molar-refractivity contribution is -0.274. The number of ether oxygens (including phenoxy) is 1. The number of halogens is 3. The van der Waals surface area contributed by atoms with Gasteiger partial charge in [-0.3, -0.25) is 25.2 Å². The molecule has 2 N–H and O–H groups in total. The number of unbranched alkanes of at least 4 members (excludes halogenated alkanes) is 1. The minimum atomic E-state index is -4.75. The maximum atomic E-state index is 12.7. The Morgan fingerprint density at radius 2 is 1.94 bits per heavy atom. The second-order valence-corrected chi connectivity index (χ2v) is 7.80. The van der Waals surface area contributed by atoms with E-state index in [0.717, 1.165) is 38.6 Å². The van der Waals surface area contributed by atoms with E-state index < -0.39 is 6.36 Å². The van der Waals surface area contributed by atoms with Crippen molar-refractivity contribution in [1.82, 2.24) is 15.7 Å². The topological polar surface area (TPSA) is 70.5 Å². The van der Waals surface area contributed by atoms with Gasteiger partial charge in [0, 0.05) is 25.7 Å². The Bertz CT molecular complexity index is 784. The first-order valence-electron chi connectivity index (χ1n) is 11.5. The number of nitrogens with one attached hydrogen (secondary N) is 2. The molecule has 0 spiro atoms. The zero-order chi connectivity index (χ0) is 25.4. The van der Waals surface area contributed by atoms with E-state index >= 15 is 0 Å². The number of alkyl halides is 3. The monoisotopic (exact) mass is 485 g/mol. The van der Waals surface area contributed by atoms with Crippen LogP contribution in [0.25, 0.3) is 0 Å². The minimum absolute atomic E-state index is 0.150. The number of hydroxylamine groups is 2. The molecule has 0 saturated heterocycles. The molecule has 0 amide bonds. The zero-order valence-corrected chi connectivity index (χ0v) is 20.6. The first-order valence-corrected chi connectivity index (χ1v) is 11.5. The maximum Gasteiger partial charge on any atom is 0.573 e. The number of nitrogens with zero attached hydrogens (tertiary/aromatic N) is 3. The summed E-state index contributed by atoms with van der Waals surface area (Å²) in [4.78, 5) is 13.8. The van der Waals surface area contributed by atoms with E-state index in [0.29, 0.717) is 23.0 Å². The van der Waals surface area contributed by atoms with Crippen molar-refractivity contribution in [2.75, 3.05) is 27.4 Å². The third kappa shape index (κ3) is 11.5. The van der Waals surface area contributed by atoms with Crippen molar-refractivity contribution >= 4 is 12.6 Å². The smallest absolute Gasteiger partial charge is 0.405 e. The molecule has 0 saturated carbocycles. The van der Waals surface area contributed by atoms with Gasteiger partial charge in [0.1, 0.15) is 17.3 Å². The van der Waals surface area contributed by atoms with E-state index in [-0.39, 0.29) is 19.0 Å². The van der Waals surface area contributed by atoms with Crippen LogP contribution in [-0.4, -0.2) is 51.3 Å². The van der Waals surface area contributed by atoms with Gasteiger partial charge in [-0.1, -0.05) is 51.3 Å². The summed E-state index contributed by atoms with van der Waals surface area (Å²) in [6.07, 6.45) is 2.42. The summed E-state index contributed by atoms with van der Waals surface area (Å²) >= 11 is 0. The average Bonchev–Trinajstić information content (AvgIpc) is 2.80. The van der Waals surface area contributed by atoms with Gasteiger partial charge in [0.05, 0.1) is 20.0 Å². The predicted octanol–water partition coefficient (Wildman–Crippen LogP) is 5.26. The Balaban J connectivity index is 2.95. The summed E-state index contributed by atoms with van der Waals surface area (Å²) in [6.45, 7) is 8.92. The highest BCUT2D eigenvalue weighted by molar-refractivity contribution is 5.97. The molecule has 1 rings (SSSR count). The van der Waals surface area contributed by atoms with Crippen molar-refractivity contribution < 1.29 is 22.7 Å². The lowest BCUT2D eigenvalue weighted by Gasteiger charge is -2.24. The van der Waals surface area contributed by atoms with Crippen LogP contribution in [0.5, 0.6) is 5.75 Å². The summed E-state index contributed by atoms with van der Waals surface area (Å²) in [6, 6.07) is 6.02. The fourth-order valence-corrected chi connectivity index (χ4v) is 3.39. The van der Waals surface area contributed by atoms with Crippen molar-refractivity contribution in [1.29, 1.82) is 0 Å². The third-order valence-electron chi connectivity index (χ3n) is 5.15. The van der Waals surface area contributed by atoms with Gasteiger partial charge in [0.25, 0.3) is 0 Å². The molecule has 0 aliphatic heterocycles. The van der Waals surface area contributed by atoms with Crippen molar-refractivity contribution in [3.8, 4) is 5.75 Å². The number of benzene rings is 1. The highest BCUT2D eigenvalue weighted by atomic mass is 19.4. The van der Waals surface area contributed by atoms with Gasteiger partial charge in [-0.25, -0.2) is 0 Å². The summed E-state index contributed by atoms with van der Waals surface area (Å²) in [5.74, 6) is 0.820. The van der Waals surface area contributed by atoms with Crippen LogP contribution in [-0.2, 0) is 11.4 Å². The molecule has 1 aromatic rings. The minimum Gasteiger partial charge on any atom is -0.405 e. The molecule has 10 heteroatoms. The van der Waals surface area contributed by atoms with Gasteiger partial charge in [-0.05, 0) is 31.5 Å². The van der Waals surface area contributed by atoms with E-state index in [9.17, 15) is 13.2 Å². The zero-order valence-electron chi connectivity index (χ0n) is 20.6. The second kappa shape index (κ2) is 16.1. The Kier molecular flexibility index (Phi) is 13.9. The van der Waals surface area contributed by atoms with Gasteiger partial charge < -0.3 is 10.1 Å². The van der Waals surface area contributed by atoms with E-state index in [1.54, 1.807) is 25.4 Å². The standard InChI is InChI=1S/C24H38F3N5O2/c1-6-8-12-19(11-7-2)15-30-23(21(17-28-3)32(4)33-5)31-18-29-16-20-13-9-10-14-22(20)34-24(25,26)27/h9-10,13-14,17,19,29H,3,6-8,11-12,15-16,18H2,1-2,4-5H3,(H,30,31)/b21-17+. The summed E-state index contributed by atoms with van der Waals surface area (Å²) in [7, 11) is 3.26. The lowest BCUT2D eigenvalue weighted by atomic mass is 9.97. The quantitative estimate of drug-likeness (QED) is 0.145. The van der Waals surface area contributed by atoms with Gasteiger partial charge in [-0.2, -0.15) is 0 Å². The van der Waals surface area contributed by atoms with Crippen molar-refractivity contribution in [3.05, 3.63) is 41.7 Å². The molecule has 0 heterocycles. The van der Waals surface area contributed by atoms with Crippen LogP contribution in [0.4, 0.5) is 13.2 Å². The Hall–Kier alpha value is -2.59. The molecule has 0 aliphatic rings. The summed E-state index contributed by atoms with van der Waals surface area (Å²) in [5.41, 5.74) is 0.968. The molecule has 7 nitrogen and oxygen atoms in total. The maximum absolute atomic E-state index is 12.7. The first kappa shape index (κ1) is 29.4. The molecular weight excluding hydrogens is 447 g/mol. The number of aliphatic imine (C=N–C) groups is 2. The molecule has 0 bridgehead atoms. The largest absolute Gasteiger partial charge is 0.573 e. The first-order chi connectivity index (χ1) is 16.3. The van der Waals surface area contributed by atoms with Crippen LogP contribution < -0.4 is 15.4 Å². The van der Waals surface area contributed by atoms with Crippen LogP contribution in [0, 0.1) is 5.92 Å². The molecule has 1 unspecified atom stereocenters. The predicted molar refractivity (Wildman–Crippen MR) is 131 cm³/mol. The fraction of sp³-hybridized carbons (Fsp3) is 0.583. The van der Waals surface area contributed by atoms with Crippen molar-refractivity contribution in [2.45, 2.75) is 58.9 Å². The van der Waals surface area contributed by atoms with Gasteiger partial charge >= 0.3 is 6.36 Å². The molecule has 1 atom stereocenters. The van der Waals surface area contributed by atoms with Crippen molar-refractivity contribution in [3.63, 3.8) is 0 Å². The SMILES string of the molecule is C=N/C=C(\C(=N/CNCc1ccccc1OC(F)(F)F)NCC(CCC)CCCC)N(C)OC. The van der Waals surface area contributed by atoms with Crippen LogP contribution in [0.3, 0.4) is 0 Å². The van der Waals surface area contributed by atoms with Crippen LogP contribution in [0.2, 0.25) is 0 Å². The molecule has 0 fully saturated rings. The molecule has 0 aliphatic carbocycles. The Morgan fingerprint density at radius 1 is 1.21 bits per heavy atom. The molecule has 192 valence electrons. The van der Waals surface area contributed by atoms with E-state index in [2.05, 4.69) is 45.9 Å². The normalized spacial score (nSPS) is 13.5. The number of hydrogen-bond acceptors (Lipinski definition) is 6. The lowest BCUT2D eigenvalue weighted by Crippen LogP contribution is -2.36. The third-order valence-corrected chi connectivity index (χ3v) is 5.15. The Morgan fingerprint density at radius 3 is 2.56 bits per heavy atom. The highest BCUT2D eigenvalue weighted by Crippen LogP contribution is 2.26. The van der Waals surface area contributed by atoms with Crippen LogP contribution in [0.1, 0.15) is 51.5 Å². The Labute approximate surface area is 201 Å². The van der Waals surface area contributed by atoms with Gasteiger partial charge in [0.15, 0.2) is 0 Å². The van der Waals surface area contributed by atoms with Crippen molar-refractivity contribution in [2.24, 2.45) is 15.9 Å². The average molecular weight is 486 g/mol. The number of hydrogen-bond donors (Lipinski definition) is 2. The van der Waals surface area contributed by atoms with E-state index in [1.807, 2.05) is 0 Å².